The fourth-order valence-electron chi connectivity index (χ4n) is 2.38. The molecule has 2 aromatic carbocycles. The lowest BCUT2D eigenvalue weighted by Gasteiger charge is -2.20. The van der Waals surface area contributed by atoms with Crippen LogP contribution < -0.4 is 14.9 Å². The predicted molar refractivity (Wildman–Crippen MR) is 98.1 cm³/mol. The van der Waals surface area contributed by atoms with Crippen LogP contribution in [0.5, 0.6) is 11.5 Å². The molecule has 2 heterocycles. The van der Waals surface area contributed by atoms with Crippen molar-refractivity contribution in [2.24, 2.45) is 10.1 Å². The Hall–Kier alpha value is -2.18. The van der Waals surface area contributed by atoms with Crippen molar-refractivity contribution in [1.82, 2.24) is 5.43 Å². The molecule has 0 amide bonds. The van der Waals surface area contributed by atoms with Crippen molar-refractivity contribution in [3.05, 3.63) is 53.1 Å². The largest absolute Gasteiger partial charge is 0.486 e. The van der Waals surface area contributed by atoms with Gasteiger partial charge in [0.05, 0.1) is 11.4 Å². The summed E-state index contributed by atoms with van der Waals surface area (Å²) in [5.41, 5.74) is 5.82. The maximum atomic E-state index is 5.88. The van der Waals surface area contributed by atoms with E-state index in [1.54, 1.807) is 11.8 Å². The summed E-state index contributed by atoms with van der Waals surface area (Å²) in [6.07, 6.45) is 0. The van der Waals surface area contributed by atoms with E-state index in [2.05, 4.69) is 15.5 Å². The van der Waals surface area contributed by atoms with Gasteiger partial charge in [0.1, 0.15) is 13.2 Å². The number of nitrogens with one attached hydrogen (secondary N) is 1. The Morgan fingerprint density at radius 2 is 1.83 bits per heavy atom. The lowest BCUT2D eigenvalue weighted by atomic mass is 10.1. The second kappa shape index (κ2) is 6.75. The number of halogens is 1. The van der Waals surface area contributed by atoms with Gasteiger partial charge < -0.3 is 9.47 Å². The van der Waals surface area contributed by atoms with E-state index in [4.69, 9.17) is 21.1 Å². The van der Waals surface area contributed by atoms with Crippen LogP contribution in [0.25, 0.3) is 0 Å². The predicted octanol–water partition coefficient (Wildman–Crippen LogP) is 3.84. The van der Waals surface area contributed by atoms with Gasteiger partial charge in [-0.2, -0.15) is 5.10 Å². The number of thioether (sulfide) groups is 1. The van der Waals surface area contributed by atoms with E-state index in [9.17, 15) is 0 Å². The molecule has 24 heavy (non-hydrogen) atoms. The fourth-order valence-corrected chi connectivity index (χ4v) is 3.29. The lowest BCUT2D eigenvalue weighted by molar-refractivity contribution is 0.171. The summed E-state index contributed by atoms with van der Waals surface area (Å²) in [7, 11) is 0. The maximum Gasteiger partial charge on any atom is 0.182 e. The molecule has 0 saturated carbocycles. The Labute approximate surface area is 148 Å². The van der Waals surface area contributed by atoms with Gasteiger partial charge in [0, 0.05) is 16.3 Å². The molecule has 0 spiro atoms. The van der Waals surface area contributed by atoms with Gasteiger partial charge in [-0.05, 0) is 42.5 Å². The third-order valence-electron chi connectivity index (χ3n) is 3.56. The Kier molecular flexibility index (Phi) is 4.32. The van der Waals surface area contributed by atoms with E-state index in [1.807, 2.05) is 42.5 Å². The molecule has 2 aliphatic heterocycles. The molecule has 0 aliphatic carbocycles. The highest BCUT2D eigenvalue weighted by atomic mass is 35.5. The van der Waals surface area contributed by atoms with E-state index in [-0.39, 0.29) is 0 Å². The topological polar surface area (TPSA) is 55.2 Å². The van der Waals surface area contributed by atoms with E-state index in [1.165, 1.54) is 0 Å². The first-order chi connectivity index (χ1) is 11.8. The third kappa shape index (κ3) is 3.34. The summed E-state index contributed by atoms with van der Waals surface area (Å²) in [6.45, 7) is 1.17. The van der Waals surface area contributed by atoms with Crippen molar-refractivity contribution in [2.75, 3.05) is 19.0 Å². The van der Waals surface area contributed by atoms with Crippen molar-refractivity contribution in [1.29, 1.82) is 0 Å². The molecule has 0 unspecified atom stereocenters. The normalized spacial score (nSPS) is 18.0. The number of aliphatic imine (C=N–C) groups is 1. The summed E-state index contributed by atoms with van der Waals surface area (Å²) >= 11 is 7.49. The highest BCUT2D eigenvalue weighted by molar-refractivity contribution is 8.14. The van der Waals surface area contributed by atoms with Crippen LogP contribution in [-0.2, 0) is 0 Å². The quantitative estimate of drug-likeness (QED) is 0.885. The minimum absolute atomic E-state index is 0.577. The van der Waals surface area contributed by atoms with Gasteiger partial charge >= 0.3 is 0 Å². The number of amidine groups is 1. The smallest absolute Gasteiger partial charge is 0.182 e. The van der Waals surface area contributed by atoms with E-state index in [0.29, 0.717) is 18.2 Å². The Bertz CT molecular complexity index is 821. The van der Waals surface area contributed by atoms with Gasteiger partial charge in [0.2, 0.25) is 0 Å². The van der Waals surface area contributed by atoms with Gasteiger partial charge in [0.25, 0.3) is 0 Å². The van der Waals surface area contributed by atoms with Gasteiger partial charge in [-0.1, -0.05) is 23.4 Å². The first-order valence-electron chi connectivity index (χ1n) is 7.47. The zero-order valence-electron chi connectivity index (χ0n) is 12.7. The third-order valence-corrected chi connectivity index (χ3v) is 4.69. The first-order valence-corrected chi connectivity index (χ1v) is 8.84. The maximum absolute atomic E-state index is 5.88. The molecule has 1 N–H and O–H groups in total. The number of hydrogen-bond donors (Lipinski definition) is 1. The molecule has 122 valence electrons. The number of hydrazone groups is 1. The molecule has 0 atom stereocenters. The number of rotatable bonds is 2. The van der Waals surface area contributed by atoms with Crippen molar-refractivity contribution < 1.29 is 9.47 Å². The second-order valence-corrected chi connectivity index (χ2v) is 6.61. The van der Waals surface area contributed by atoms with Crippen molar-refractivity contribution in [3.63, 3.8) is 0 Å². The van der Waals surface area contributed by atoms with Crippen molar-refractivity contribution in [2.45, 2.75) is 0 Å². The number of benzene rings is 2. The SMILES string of the molecule is Clc1ccc(N=C2NN=C(c3ccc4c(c3)OCCO4)CS2)cc1. The molecular weight excluding hydrogens is 346 g/mol. The number of ether oxygens (including phenoxy) is 2. The first kappa shape index (κ1) is 15.4. The van der Waals surface area contributed by atoms with Crippen molar-refractivity contribution >= 4 is 39.9 Å². The Morgan fingerprint density at radius 3 is 2.58 bits per heavy atom. The lowest BCUT2D eigenvalue weighted by Crippen LogP contribution is -2.25. The molecule has 0 radical (unpaired) electrons. The molecule has 4 rings (SSSR count). The average Bonchev–Trinajstić information content (AvgIpc) is 2.64. The fraction of sp³-hybridized carbons (Fsp3) is 0.176. The van der Waals surface area contributed by atoms with Gasteiger partial charge in [0.15, 0.2) is 16.7 Å². The van der Waals surface area contributed by atoms with Crippen LogP contribution in [0, 0.1) is 0 Å². The van der Waals surface area contributed by atoms with Gasteiger partial charge in [-0.15, -0.1) is 0 Å². The van der Waals surface area contributed by atoms with Crippen molar-refractivity contribution in [3.8, 4) is 11.5 Å². The van der Waals surface area contributed by atoms with Crippen LogP contribution >= 0.6 is 23.4 Å². The van der Waals surface area contributed by atoms with E-state index >= 15 is 0 Å². The molecule has 7 heteroatoms. The number of hydrogen-bond acceptors (Lipinski definition) is 5. The molecule has 0 bridgehead atoms. The van der Waals surface area contributed by atoms with Crippen LogP contribution in [0.2, 0.25) is 5.02 Å². The van der Waals surface area contributed by atoms with E-state index < -0.39 is 0 Å². The van der Waals surface area contributed by atoms with Crippen LogP contribution in [-0.4, -0.2) is 29.8 Å². The molecule has 0 saturated heterocycles. The molecule has 0 fully saturated rings. The number of fused-ring (bicyclic) bond motifs is 1. The van der Waals surface area contributed by atoms with Gasteiger partial charge in [-0.25, -0.2) is 4.99 Å². The zero-order valence-corrected chi connectivity index (χ0v) is 14.2. The van der Waals surface area contributed by atoms with Crippen LogP contribution in [0.3, 0.4) is 0 Å². The summed E-state index contributed by atoms with van der Waals surface area (Å²) in [4.78, 5) is 4.52. The molecule has 5 nitrogen and oxygen atoms in total. The highest BCUT2D eigenvalue weighted by Gasteiger charge is 2.17. The summed E-state index contributed by atoms with van der Waals surface area (Å²) in [5, 5.41) is 5.90. The van der Waals surface area contributed by atoms with E-state index in [0.717, 1.165) is 39.4 Å². The number of nitrogens with zero attached hydrogens (tertiary/aromatic N) is 2. The zero-order chi connectivity index (χ0) is 16.4. The van der Waals surface area contributed by atoms with Crippen LogP contribution in [0.4, 0.5) is 5.69 Å². The molecule has 2 aliphatic rings. The molecular formula is C17H14ClN3O2S. The van der Waals surface area contributed by atoms with Crippen LogP contribution in [0.1, 0.15) is 5.56 Å². The minimum atomic E-state index is 0.577. The Morgan fingerprint density at radius 1 is 1.04 bits per heavy atom. The second-order valence-electron chi connectivity index (χ2n) is 5.21. The average molecular weight is 360 g/mol. The van der Waals surface area contributed by atoms with Crippen LogP contribution in [0.15, 0.2) is 52.6 Å². The van der Waals surface area contributed by atoms with Gasteiger partial charge in [-0.3, -0.25) is 5.43 Å². The standard InChI is InChI=1S/C17H14ClN3O2S/c18-12-2-4-13(5-3-12)19-17-21-20-14(10-24-17)11-1-6-15-16(9-11)23-8-7-22-15/h1-6,9H,7-8,10H2,(H,19,21). The summed E-state index contributed by atoms with van der Waals surface area (Å²) in [6, 6.07) is 13.3. The molecule has 0 aromatic heterocycles. The summed E-state index contributed by atoms with van der Waals surface area (Å²) in [5.74, 6) is 2.29. The highest BCUT2D eigenvalue weighted by Crippen LogP contribution is 2.31. The molecule has 2 aromatic rings. The monoisotopic (exact) mass is 359 g/mol. The summed E-state index contributed by atoms with van der Waals surface area (Å²) < 4.78 is 11.2. The minimum Gasteiger partial charge on any atom is -0.486 e. The Balaban J connectivity index is 1.51.